The standard InChI is InChI=1S/C17H22N2O/c1-18-16(10-9-13-5-4-12-20-13)14-6-2-8-17-15(14)7-3-11-19-17/h2-3,6-8,11,13,16,18H,4-5,9-10,12H2,1H3. The van der Waals surface area contributed by atoms with E-state index in [1.807, 2.05) is 19.3 Å². The molecule has 2 unspecified atom stereocenters. The molecule has 0 saturated carbocycles. The third-order valence-electron chi connectivity index (χ3n) is 4.20. The molecule has 0 spiro atoms. The lowest BCUT2D eigenvalue weighted by Gasteiger charge is -2.20. The van der Waals surface area contributed by atoms with Gasteiger partial charge >= 0.3 is 0 Å². The van der Waals surface area contributed by atoms with Gasteiger partial charge in [0, 0.05) is 24.2 Å². The minimum atomic E-state index is 0.368. The molecule has 1 N–H and O–H groups in total. The van der Waals surface area contributed by atoms with Crippen molar-refractivity contribution in [2.24, 2.45) is 0 Å². The fourth-order valence-corrected chi connectivity index (χ4v) is 3.11. The summed E-state index contributed by atoms with van der Waals surface area (Å²) in [7, 11) is 2.04. The van der Waals surface area contributed by atoms with Gasteiger partial charge in [-0.15, -0.1) is 0 Å². The van der Waals surface area contributed by atoms with E-state index in [0.29, 0.717) is 12.1 Å². The van der Waals surface area contributed by atoms with Gasteiger partial charge in [-0.05, 0) is 50.4 Å². The van der Waals surface area contributed by atoms with Crippen molar-refractivity contribution >= 4 is 10.9 Å². The van der Waals surface area contributed by atoms with Crippen LogP contribution in [0.2, 0.25) is 0 Å². The Balaban J connectivity index is 1.79. The molecule has 1 aromatic heterocycles. The van der Waals surface area contributed by atoms with E-state index in [1.54, 1.807) is 0 Å². The number of aromatic nitrogens is 1. The van der Waals surface area contributed by atoms with Gasteiger partial charge < -0.3 is 10.1 Å². The second kappa shape index (κ2) is 6.33. The average Bonchev–Trinajstić information content (AvgIpc) is 3.01. The van der Waals surface area contributed by atoms with Crippen LogP contribution >= 0.6 is 0 Å². The number of hydrogen-bond donors (Lipinski definition) is 1. The topological polar surface area (TPSA) is 34.1 Å². The van der Waals surface area contributed by atoms with Crippen LogP contribution in [-0.4, -0.2) is 24.7 Å². The largest absolute Gasteiger partial charge is 0.378 e. The Kier molecular flexibility index (Phi) is 4.28. The van der Waals surface area contributed by atoms with Crippen LogP contribution in [0.3, 0.4) is 0 Å². The molecule has 20 heavy (non-hydrogen) atoms. The molecule has 1 fully saturated rings. The summed E-state index contributed by atoms with van der Waals surface area (Å²) < 4.78 is 5.73. The maximum atomic E-state index is 5.73. The summed E-state index contributed by atoms with van der Waals surface area (Å²) in [5.41, 5.74) is 2.42. The number of benzene rings is 1. The Hall–Kier alpha value is -1.45. The van der Waals surface area contributed by atoms with Gasteiger partial charge in [0.15, 0.2) is 0 Å². The van der Waals surface area contributed by atoms with E-state index in [2.05, 4.69) is 34.6 Å². The molecule has 0 bridgehead atoms. The molecule has 1 aromatic carbocycles. The van der Waals surface area contributed by atoms with Crippen LogP contribution in [-0.2, 0) is 4.74 Å². The van der Waals surface area contributed by atoms with Crippen molar-refractivity contribution in [3.63, 3.8) is 0 Å². The SMILES string of the molecule is CNC(CCC1CCCO1)c1cccc2ncccc12. The van der Waals surface area contributed by atoms with Crippen molar-refractivity contribution in [3.05, 3.63) is 42.1 Å². The maximum absolute atomic E-state index is 5.73. The minimum absolute atomic E-state index is 0.368. The molecule has 0 amide bonds. The number of nitrogens with one attached hydrogen (secondary N) is 1. The smallest absolute Gasteiger partial charge is 0.0705 e. The highest BCUT2D eigenvalue weighted by atomic mass is 16.5. The van der Waals surface area contributed by atoms with Gasteiger partial charge in [0.2, 0.25) is 0 Å². The number of ether oxygens (including phenoxy) is 1. The zero-order valence-corrected chi connectivity index (χ0v) is 12.0. The van der Waals surface area contributed by atoms with Gasteiger partial charge in [-0.2, -0.15) is 0 Å². The molecule has 2 heterocycles. The van der Waals surface area contributed by atoms with Gasteiger partial charge in [0.1, 0.15) is 0 Å². The summed E-state index contributed by atoms with van der Waals surface area (Å²) in [6, 6.07) is 10.9. The second-order valence-electron chi connectivity index (χ2n) is 5.47. The van der Waals surface area contributed by atoms with Gasteiger partial charge in [0.05, 0.1) is 11.6 Å². The first-order chi connectivity index (χ1) is 9.88. The van der Waals surface area contributed by atoms with Gasteiger partial charge in [-0.3, -0.25) is 4.98 Å². The Morgan fingerprint density at radius 3 is 3.10 bits per heavy atom. The van der Waals surface area contributed by atoms with E-state index in [-0.39, 0.29) is 0 Å². The predicted molar refractivity (Wildman–Crippen MR) is 81.8 cm³/mol. The van der Waals surface area contributed by atoms with Crippen molar-refractivity contribution in [2.75, 3.05) is 13.7 Å². The number of fused-ring (bicyclic) bond motifs is 1. The van der Waals surface area contributed by atoms with Crippen molar-refractivity contribution in [1.82, 2.24) is 10.3 Å². The summed E-state index contributed by atoms with van der Waals surface area (Å²) >= 11 is 0. The number of nitrogens with zero attached hydrogens (tertiary/aromatic N) is 1. The Morgan fingerprint density at radius 2 is 2.30 bits per heavy atom. The highest BCUT2D eigenvalue weighted by Crippen LogP contribution is 2.28. The van der Waals surface area contributed by atoms with E-state index < -0.39 is 0 Å². The van der Waals surface area contributed by atoms with Crippen LogP contribution in [0.25, 0.3) is 10.9 Å². The third kappa shape index (κ3) is 2.84. The first-order valence-electron chi connectivity index (χ1n) is 7.51. The molecular weight excluding hydrogens is 248 g/mol. The van der Waals surface area contributed by atoms with Crippen LogP contribution in [0.5, 0.6) is 0 Å². The van der Waals surface area contributed by atoms with E-state index in [0.717, 1.165) is 25.0 Å². The summed E-state index contributed by atoms with van der Waals surface area (Å²) in [6.07, 6.45) is 6.98. The van der Waals surface area contributed by atoms with Crippen LogP contribution in [0.4, 0.5) is 0 Å². The highest BCUT2D eigenvalue weighted by Gasteiger charge is 2.19. The maximum Gasteiger partial charge on any atom is 0.0705 e. The third-order valence-corrected chi connectivity index (χ3v) is 4.20. The molecular formula is C17H22N2O. The Morgan fingerprint density at radius 1 is 1.35 bits per heavy atom. The van der Waals surface area contributed by atoms with Gasteiger partial charge in [-0.1, -0.05) is 18.2 Å². The van der Waals surface area contributed by atoms with E-state index in [4.69, 9.17) is 4.74 Å². The first-order valence-corrected chi connectivity index (χ1v) is 7.51. The Labute approximate surface area is 120 Å². The van der Waals surface area contributed by atoms with Crippen molar-refractivity contribution in [2.45, 2.75) is 37.8 Å². The van der Waals surface area contributed by atoms with Crippen LogP contribution in [0.15, 0.2) is 36.5 Å². The first kappa shape index (κ1) is 13.5. The summed E-state index contributed by atoms with van der Waals surface area (Å²) in [5.74, 6) is 0. The van der Waals surface area contributed by atoms with Crippen LogP contribution in [0.1, 0.15) is 37.3 Å². The van der Waals surface area contributed by atoms with Crippen molar-refractivity contribution in [1.29, 1.82) is 0 Å². The van der Waals surface area contributed by atoms with Crippen LogP contribution in [0, 0.1) is 0 Å². The zero-order valence-electron chi connectivity index (χ0n) is 12.0. The normalized spacial score (nSPS) is 20.4. The average molecular weight is 270 g/mol. The minimum Gasteiger partial charge on any atom is -0.378 e. The molecule has 2 atom stereocenters. The lowest BCUT2D eigenvalue weighted by Crippen LogP contribution is -2.19. The van der Waals surface area contributed by atoms with Crippen molar-refractivity contribution < 1.29 is 4.74 Å². The number of hydrogen-bond acceptors (Lipinski definition) is 3. The Bertz CT molecular complexity index is 558. The van der Waals surface area contributed by atoms with E-state index in [1.165, 1.54) is 23.8 Å². The fourth-order valence-electron chi connectivity index (χ4n) is 3.11. The van der Waals surface area contributed by atoms with Gasteiger partial charge in [-0.25, -0.2) is 0 Å². The lowest BCUT2D eigenvalue weighted by molar-refractivity contribution is 0.0999. The molecule has 1 saturated heterocycles. The summed E-state index contributed by atoms with van der Waals surface area (Å²) in [4.78, 5) is 4.44. The monoisotopic (exact) mass is 270 g/mol. The zero-order chi connectivity index (χ0) is 13.8. The molecule has 1 aliphatic rings. The molecule has 0 radical (unpaired) electrons. The highest BCUT2D eigenvalue weighted by molar-refractivity contribution is 5.82. The number of pyridine rings is 1. The molecule has 106 valence electrons. The lowest BCUT2D eigenvalue weighted by atomic mass is 9.96. The summed E-state index contributed by atoms with van der Waals surface area (Å²) in [6.45, 7) is 0.938. The molecule has 3 heteroatoms. The van der Waals surface area contributed by atoms with Crippen molar-refractivity contribution in [3.8, 4) is 0 Å². The van der Waals surface area contributed by atoms with Gasteiger partial charge in [0.25, 0.3) is 0 Å². The fraction of sp³-hybridized carbons (Fsp3) is 0.471. The molecule has 3 nitrogen and oxygen atoms in total. The van der Waals surface area contributed by atoms with E-state index >= 15 is 0 Å². The molecule has 1 aliphatic heterocycles. The molecule has 3 rings (SSSR count). The second-order valence-corrected chi connectivity index (χ2v) is 5.47. The van der Waals surface area contributed by atoms with E-state index in [9.17, 15) is 0 Å². The quantitative estimate of drug-likeness (QED) is 0.903. The predicted octanol–water partition coefficient (Wildman–Crippen LogP) is 3.45. The number of rotatable bonds is 5. The molecule has 0 aliphatic carbocycles. The summed E-state index contributed by atoms with van der Waals surface area (Å²) in [5, 5.41) is 4.70. The van der Waals surface area contributed by atoms with Crippen LogP contribution < -0.4 is 5.32 Å². The molecule has 2 aromatic rings.